The van der Waals surface area contributed by atoms with Gasteiger partial charge < -0.3 is 0 Å². The first kappa shape index (κ1) is 50.1. The highest BCUT2D eigenvalue weighted by Crippen LogP contribution is 2.20. The van der Waals surface area contributed by atoms with Crippen molar-refractivity contribution in [2.24, 2.45) is 0 Å². The van der Waals surface area contributed by atoms with Gasteiger partial charge in [-0.3, -0.25) is 4.55 Å². The number of hydrogen-bond acceptors (Lipinski definition) is 2. The van der Waals surface area contributed by atoms with Gasteiger partial charge in [-0.05, 0) is 56.8 Å². The smallest absolute Gasteiger partial charge is 0.281 e. The normalized spacial score (nSPS) is 12.8. The Bertz CT molecular complexity index is 806. The summed E-state index contributed by atoms with van der Waals surface area (Å²) >= 11 is 0. The summed E-state index contributed by atoms with van der Waals surface area (Å²) in [7, 11) is -4.17. The van der Waals surface area contributed by atoms with Gasteiger partial charge in [-0.2, -0.15) is 8.42 Å². The molecule has 0 heterocycles. The van der Waals surface area contributed by atoms with Crippen molar-refractivity contribution in [2.75, 3.05) is 5.88 Å². The molecule has 0 bridgehead atoms. The highest BCUT2D eigenvalue weighted by Gasteiger charge is 2.26. The van der Waals surface area contributed by atoms with Crippen LogP contribution in [0.5, 0.6) is 0 Å². The second-order valence-corrected chi connectivity index (χ2v) is 17.3. The van der Waals surface area contributed by atoms with Crippen LogP contribution in [0.4, 0.5) is 0 Å². The zero-order valence-corrected chi connectivity index (χ0v) is 35.6. The highest BCUT2D eigenvalue weighted by molar-refractivity contribution is 7.85. The Morgan fingerprint density at radius 3 is 0.745 bits per heavy atom. The lowest BCUT2D eigenvalue weighted by molar-refractivity contribution is -0.760. The minimum Gasteiger partial charge on any atom is -0.281 e. The van der Waals surface area contributed by atoms with Gasteiger partial charge in [0.15, 0.2) is 0 Å². The molecule has 0 unspecified atom stereocenters. The van der Waals surface area contributed by atoms with E-state index in [9.17, 15) is 13.0 Å². The molecule has 302 valence electrons. The van der Waals surface area contributed by atoms with Crippen LogP contribution in [0, 0.1) is 0 Å². The van der Waals surface area contributed by atoms with Crippen LogP contribution in [0.25, 0.3) is 0 Å². The van der Waals surface area contributed by atoms with Crippen molar-refractivity contribution in [1.29, 1.82) is 0 Å². The van der Waals surface area contributed by atoms with Crippen molar-refractivity contribution in [3.8, 4) is 0 Å². The summed E-state index contributed by atoms with van der Waals surface area (Å²) in [4.78, 5) is 0. The van der Waals surface area contributed by atoms with Crippen LogP contribution in [0.2, 0.25) is 0 Å². The van der Waals surface area contributed by atoms with E-state index >= 15 is 0 Å². The molecule has 0 aliphatic heterocycles. The Balaban J connectivity index is 4.87. The zero-order chi connectivity index (χ0) is 37.4. The Morgan fingerprint density at radius 1 is 0.353 bits per heavy atom. The van der Waals surface area contributed by atoms with E-state index in [0.29, 0.717) is 0 Å². The quantitative estimate of drug-likeness (QED) is 0.0386. The monoisotopic (exact) mass is 737 g/mol. The Labute approximate surface area is 321 Å². The molecular weight excluding hydrogens is 647 g/mol. The fourth-order valence-electron chi connectivity index (χ4n) is 7.15. The molecule has 0 radical (unpaired) electrons. The molecule has 0 rings (SSSR count). The number of allylic oxidation sites excluding steroid dienone is 3. The zero-order valence-electron chi connectivity index (χ0n) is 34.7. The molecule has 0 aromatic rings. The van der Waals surface area contributed by atoms with Crippen LogP contribution in [0.3, 0.4) is 0 Å². The van der Waals surface area contributed by atoms with Crippen LogP contribution in [-0.2, 0) is 10.1 Å². The maximum Gasteiger partial charge on any atom is 0.317 e. The fraction of sp³-hybridized carbons (Fsp3) is 0.870. The molecule has 0 aliphatic carbocycles. The molecule has 51 heavy (non-hydrogen) atoms. The summed E-state index contributed by atoms with van der Waals surface area (Å²) in [5.74, 6) is -0.342. The average molecular weight is 737 g/mol. The lowest BCUT2D eigenvalue weighted by Crippen LogP contribution is -2.36. The van der Waals surface area contributed by atoms with Gasteiger partial charge in [-0.1, -0.05) is 213 Å². The van der Waals surface area contributed by atoms with Gasteiger partial charge in [0.2, 0.25) is 5.88 Å². The van der Waals surface area contributed by atoms with Gasteiger partial charge in [0, 0.05) is 0 Å². The predicted molar refractivity (Wildman–Crippen MR) is 227 cm³/mol. The summed E-state index contributed by atoms with van der Waals surface area (Å²) < 4.78 is 34.6. The van der Waals surface area contributed by atoms with Gasteiger partial charge >= 0.3 is 10.1 Å². The molecule has 1 N–H and O–H groups in total. The van der Waals surface area contributed by atoms with Gasteiger partial charge in [-0.15, -0.1) is 0 Å². The predicted octanol–water partition coefficient (Wildman–Crippen LogP) is 16.3. The number of quaternary nitrogens is 1. The van der Waals surface area contributed by atoms with Crippen molar-refractivity contribution < 1.29 is 17.5 Å². The molecule has 5 heteroatoms. The molecule has 0 fully saturated rings. The Kier molecular flexibility index (Phi) is 38.1. The van der Waals surface area contributed by atoms with Gasteiger partial charge in [0.1, 0.15) is 18.6 Å². The number of rotatable bonds is 41. The molecule has 0 aromatic heterocycles. The minimum atomic E-state index is -4.17. The first-order valence-electron chi connectivity index (χ1n) is 22.7. The molecule has 0 spiro atoms. The van der Waals surface area contributed by atoms with Crippen molar-refractivity contribution in [1.82, 2.24) is 0 Å². The number of hydrogen-bond donors (Lipinski definition) is 1. The van der Waals surface area contributed by atoms with Gasteiger partial charge in [-0.25, -0.2) is 4.48 Å². The summed E-state index contributed by atoms with van der Waals surface area (Å²) in [5, 5.41) is 0. The standard InChI is InChI=1S/C46H89NO3S/c1-4-7-10-13-16-19-22-25-28-31-34-37-40-43-47(46-51(48,49)50,44-41-38-35-32-29-26-23-20-17-14-11-8-5-2)45-42-39-36-33-30-27-24-21-18-15-12-9-6-3/h40-45H,4-39,46H2,1-3H3/p+1/b43-40+,44-41+,45-42+. The van der Waals surface area contributed by atoms with Gasteiger partial charge in [0.25, 0.3) is 0 Å². The summed E-state index contributed by atoms with van der Waals surface area (Å²) in [6.45, 7) is 6.82. The molecule has 0 saturated carbocycles. The molecule has 0 saturated heterocycles. The third kappa shape index (κ3) is 38.6. The number of nitrogens with zero attached hydrogens (tertiary/aromatic N) is 1. The topological polar surface area (TPSA) is 54.4 Å². The fourth-order valence-corrected chi connectivity index (χ4v) is 7.98. The molecule has 0 aromatic carbocycles. The Hall–Kier alpha value is -0.910. The SMILES string of the molecule is CCCCCCCCCCCCC/C=C/[N+](/C=C/CCCCCCCCCCCCC)(/C=C/CCCCCCCCCCCCC)CS(=O)(=O)O. The molecule has 0 amide bonds. The van der Waals surface area contributed by atoms with E-state index in [1.807, 2.05) is 18.6 Å². The highest BCUT2D eigenvalue weighted by atomic mass is 32.2. The summed E-state index contributed by atoms with van der Waals surface area (Å²) in [5.41, 5.74) is 0. The lowest BCUT2D eigenvalue weighted by atomic mass is 10.1. The van der Waals surface area contributed by atoms with Crippen LogP contribution in [-0.4, -0.2) is 23.3 Å². The van der Waals surface area contributed by atoms with Crippen molar-refractivity contribution >= 4 is 10.1 Å². The molecule has 0 aliphatic rings. The summed E-state index contributed by atoms with van der Waals surface area (Å²) in [6, 6.07) is 0. The largest absolute Gasteiger partial charge is 0.317 e. The summed E-state index contributed by atoms with van der Waals surface area (Å²) in [6.07, 6.45) is 59.0. The number of unbranched alkanes of at least 4 members (excludes halogenated alkanes) is 33. The van der Waals surface area contributed by atoms with E-state index in [0.717, 1.165) is 38.5 Å². The van der Waals surface area contributed by atoms with Crippen LogP contribution in [0.1, 0.15) is 252 Å². The van der Waals surface area contributed by atoms with Crippen molar-refractivity contribution in [3.05, 3.63) is 36.8 Å². The maximum absolute atomic E-state index is 12.3. The molecule has 0 atom stereocenters. The molecular formula is C46H90NO3S+. The van der Waals surface area contributed by atoms with E-state index < -0.39 is 10.1 Å². The van der Waals surface area contributed by atoms with E-state index in [-0.39, 0.29) is 10.4 Å². The third-order valence-corrected chi connectivity index (χ3v) is 11.2. The molecule has 4 nitrogen and oxygen atoms in total. The van der Waals surface area contributed by atoms with E-state index in [1.54, 1.807) is 0 Å². The minimum absolute atomic E-state index is 0.0485. The van der Waals surface area contributed by atoms with E-state index in [4.69, 9.17) is 0 Å². The first-order valence-corrected chi connectivity index (χ1v) is 24.4. The lowest BCUT2D eigenvalue weighted by Gasteiger charge is -2.25. The van der Waals surface area contributed by atoms with Crippen LogP contribution in [0.15, 0.2) is 36.8 Å². The maximum atomic E-state index is 12.3. The third-order valence-electron chi connectivity index (χ3n) is 10.5. The first-order chi connectivity index (χ1) is 24.9. The van der Waals surface area contributed by atoms with Crippen LogP contribution >= 0.6 is 0 Å². The second kappa shape index (κ2) is 38.8. The van der Waals surface area contributed by atoms with E-state index in [2.05, 4.69) is 39.0 Å². The second-order valence-electron chi connectivity index (χ2n) is 15.8. The van der Waals surface area contributed by atoms with E-state index in [1.165, 1.54) is 193 Å². The average Bonchev–Trinajstić information content (AvgIpc) is 3.10. The van der Waals surface area contributed by atoms with Gasteiger partial charge in [0.05, 0.1) is 0 Å². The Morgan fingerprint density at radius 2 is 0.549 bits per heavy atom. The van der Waals surface area contributed by atoms with Crippen LogP contribution < -0.4 is 0 Å². The van der Waals surface area contributed by atoms with Crippen molar-refractivity contribution in [2.45, 2.75) is 252 Å². The van der Waals surface area contributed by atoms with Crippen molar-refractivity contribution in [3.63, 3.8) is 0 Å².